The third kappa shape index (κ3) is 2.54. The predicted molar refractivity (Wildman–Crippen MR) is 70.9 cm³/mol. The molecular formula is C14H15F2N3. The second-order valence-corrected chi connectivity index (χ2v) is 4.03. The van der Waals surface area contributed by atoms with Crippen molar-refractivity contribution in [1.29, 1.82) is 0 Å². The molecule has 0 saturated heterocycles. The quantitative estimate of drug-likeness (QED) is 0.918. The summed E-state index contributed by atoms with van der Waals surface area (Å²) in [5.41, 5.74) is 1.39. The van der Waals surface area contributed by atoms with Crippen LogP contribution in [0.25, 0.3) is 11.3 Å². The first-order valence-corrected chi connectivity index (χ1v) is 6.21. The Hall–Kier alpha value is -2.04. The number of anilines is 1. The minimum Gasteiger partial charge on any atom is -0.370 e. The lowest BCUT2D eigenvalue weighted by Crippen LogP contribution is -2.06. The summed E-state index contributed by atoms with van der Waals surface area (Å²) in [6.45, 7) is 4.58. The Labute approximate surface area is 110 Å². The van der Waals surface area contributed by atoms with Gasteiger partial charge in [0, 0.05) is 17.7 Å². The molecule has 3 nitrogen and oxygen atoms in total. The van der Waals surface area contributed by atoms with E-state index in [-0.39, 0.29) is 5.56 Å². The van der Waals surface area contributed by atoms with Gasteiger partial charge in [-0.25, -0.2) is 18.7 Å². The van der Waals surface area contributed by atoms with Crippen LogP contribution in [0.3, 0.4) is 0 Å². The number of halogens is 2. The van der Waals surface area contributed by atoms with E-state index in [1.165, 1.54) is 18.5 Å². The van der Waals surface area contributed by atoms with E-state index in [4.69, 9.17) is 0 Å². The maximum absolute atomic E-state index is 13.9. The van der Waals surface area contributed by atoms with Crippen LogP contribution in [0.1, 0.15) is 19.4 Å². The summed E-state index contributed by atoms with van der Waals surface area (Å²) >= 11 is 0. The minimum atomic E-state index is -0.877. The van der Waals surface area contributed by atoms with E-state index in [1.807, 2.05) is 13.8 Å². The molecule has 0 fully saturated rings. The third-order valence-corrected chi connectivity index (χ3v) is 2.85. The molecule has 1 heterocycles. The molecule has 0 saturated carbocycles. The Bertz CT molecular complexity index is 585. The third-order valence-electron chi connectivity index (χ3n) is 2.85. The normalized spacial score (nSPS) is 10.5. The van der Waals surface area contributed by atoms with E-state index < -0.39 is 11.6 Å². The molecule has 5 heteroatoms. The second-order valence-electron chi connectivity index (χ2n) is 4.03. The van der Waals surface area contributed by atoms with Crippen LogP contribution in [0.15, 0.2) is 24.5 Å². The summed E-state index contributed by atoms with van der Waals surface area (Å²) in [7, 11) is 0. The van der Waals surface area contributed by atoms with E-state index in [2.05, 4.69) is 15.3 Å². The van der Waals surface area contributed by atoms with Crippen LogP contribution < -0.4 is 5.32 Å². The number of aromatic nitrogens is 2. The summed E-state index contributed by atoms with van der Waals surface area (Å²) in [5.74, 6) is -1.08. The van der Waals surface area contributed by atoms with Crippen molar-refractivity contribution in [2.75, 3.05) is 11.9 Å². The van der Waals surface area contributed by atoms with Gasteiger partial charge in [0.1, 0.15) is 12.1 Å². The fourth-order valence-corrected chi connectivity index (χ4v) is 1.99. The van der Waals surface area contributed by atoms with E-state index >= 15 is 0 Å². The molecule has 2 rings (SSSR count). The van der Waals surface area contributed by atoms with Crippen molar-refractivity contribution in [2.45, 2.75) is 20.3 Å². The molecule has 0 aliphatic heterocycles. The highest BCUT2D eigenvalue weighted by atomic mass is 19.2. The molecule has 0 aliphatic carbocycles. The maximum atomic E-state index is 13.9. The number of benzene rings is 1. The molecule has 0 aliphatic rings. The van der Waals surface area contributed by atoms with Gasteiger partial charge in [-0.05, 0) is 25.5 Å². The Kier molecular flexibility index (Phi) is 4.04. The van der Waals surface area contributed by atoms with Crippen molar-refractivity contribution in [1.82, 2.24) is 9.97 Å². The molecule has 0 spiro atoms. The van der Waals surface area contributed by atoms with Crippen LogP contribution in [0, 0.1) is 11.6 Å². The van der Waals surface area contributed by atoms with Gasteiger partial charge in [-0.2, -0.15) is 0 Å². The van der Waals surface area contributed by atoms with Crippen LogP contribution in [0.4, 0.5) is 14.6 Å². The van der Waals surface area contributed by atoms with E-state index in [0.29, 0.717) is 24.5 Å². The number of hydrogen-bond acceptors (Lipinski definition) is 3. The van der Waals surface area contributed by atoms with Crippen LogP contribution >= 0.6 is 0 Å². The van der Waals surface area contributed by atoms with Crippen LogP contribution in [0.2, 0.25) is 0 Å². The predicted octanol–water partition coefficient (Wildman–Crippen LogP) is 3.42. The van der Waals surface area contributed by atoms with Gasteiger partial charge in [-0.3, -0.25) is 0 Å². The molecule has 0 bridgehead atoms. The average molecular weight is 263 g/mol. The van der Waals surface area contributed by atoms with Gasteiger partial charge in [0.15, 0.2) is 11.6 Å². The Balaban J connectivity index is 2.61. The lowest BCUT2D eigenvalue weighted by Gasteiger charge is -2.13. The van der Waals surface area contributed by atoms with E-state index in [0.717, 1.165) is 11.6 Å². The van der Waals surface area contributed by atoms with Gasteiger partial charge >= 0.3 is 0 Å². The highest BCUT2D eigenvalue weighted by Crippen LogP contribution is 2.29. The van der Waals surface area contributed by atoms with Gasteiger partial charge in [0.05, 0.1) is 5.69 Å². The molecule has 100 valence electrons. The maximum Gasteiger partial charge on any atom is 0.168 e. The van der Waals surface area contributed by atoms with Crippen molar-refractivity contribution in [3.8, 4) is 11.3 Å². The SMILES string of the molecule is CCNc1ncnc(-c2cccc(F)c2F)c1CC. The second kappa shape index (κ2) is 5.73. The van der Waals surface area contributed by atoms with Gasteiger partial charge in [-0.15, -0.1) is 0 Å². The fraction of sp³-hybridized carbons (Fsp3) is 0.286. The topological polar surface area (TPSA) is 37.8 Å². The summed E-state index contributed by atoms with van der Waals surface area (Å²) < 4.78 is 27.2. The Morgan fingerprint density at radius 1 is 1.16 bits per heavy atom. The van der Waals surface area contributed by atoms with Crippen LogP contribution in [-0.2, 0) is 6.42 Å². The lowest BCUT2D eigenvalue weighted by molar-refractivity contribution is 0.511. The van der Waals surface area contributed by atoms with Crippen molar-refractivity contribution < 1.29 is 8.78 Å². The molecule has 1 N–H and O–H groups in total. The van der Waals surface area contributed by atoms with Gasteiger partial charge < -0.3 is 5.32 Å². The monoisotopic (exact) mass is 263 g/mol. The van der Waals surface area contributed by atoms with Crippen molar-refractivity contribution >= 4 is 5.82 Å². The molecule has 0 unspecified atom stereocenters. The molecule has 2 aromatic rings. The minimum absolute atomic E-state index is 0.165. The summed E-state index contributed by atoms with van der Waals surface area (Å²) in [6.07, 6.45) is 1.99. The van der Waals surface area contributed by atoms with Crippen molar-refractivity contribution in [3.05, 3.63) is 41.7 Å². The Morgan fingerprint density at radius 3 is 2.63 bits per heavy atom. The smallest absolute Gasteiger partial charge is 0.168 e. The van der Waals surface area contributed by atoms with Crippen molar-refractivity contribution in [3.63, 3.8) is 0 Å². The highest BCUT2D eigenvalue weighted by molar-refractivity contribution is 5.68. The summed E-state index contributed by atoms with van der Waals surface area (Å²) in [5, 5.41) is 3.10. The number of rotatable bonds is 4. The van der Waals surface area contributed by atoms with Gasteiger partial charge in [-0.1, -0.05) is 13.0 Å². The first kappa shape index (κ1) is 13.4. The fourth-order valence-electron chi connectivity index (χ4n) is 1.99. The van der Waals surface area contributed by atoms with E-state index in [1.54, 1.807) is 0 Å². The molecule has 19 heavy (non-hydrogen) atoms. The number of hydrogen-bond donors (Lipinski definition) is 1. The van der Waals surface area contributed by atoms with Gasteiger partial charge in [0.25, 0.3) is 0 Å². The van der Waals surface area contributed by atoms with Gasteiger partial charge in [0.2, 0.25) is 0 Å². The molecule has 0 radical (unpaired) electrons. The Morgan fingerprint density at radius 2 is 1.95 bits per heavy atom. The number of nitrogens with one attached hydrogen (secondary N) is 1. The summed E-state index contributed by atoms with van der Waals surface area (Å²) in [4.78, 5) is 8.25. The largest absolute Gasteiger partial charge is 0.370 e. The first-order chi connectivity index (χ1) is 9.19. The van der Waals surface area contributed by atoms with Crippen molar-refractivity contribution in [2.24, 2.45) is 0 Å². The molecule has 1 aromatic carbocycles. The molecule has 1 aromatic heterocycles. The molecule has 0 atom stereocenters. The molecular weight excluding hydrogens is 248 g/mol. The van der Waals surface area contributed by atoms with Crippen LogP contribution in [-0.4, -0.2) is 16.5 Å². The zero-order valence-corrected chi connectivity index (χ0v) is 10.9. The highest BCUT2D eigenvalue weighted by Gasteiger charge is 2.16. The van der Waals surface area contributed by atoms with Crippen LogP contribution in [0.5, 0.6) is 0 Å². The standard InChI is InChI=1S/C14H15F2N3/c1-3-9-13(18-8-19-14(9)17-4-2)10-6-5-7-11(15)12(10)16/h5-8H,3-4H2,1-2H3,(H,17,18,19). The van der Waals surface area contributed by atoms with E-state index in [9.17, 15) is 8.78 Å². The summed E-state index contributed by atoms with van der Waals surface area (Å²) in [6, 6.07) is 4.09. The number of nitrogens with zero attached hydrogens (tertiary/aromatic N) is 2. The first-order valence-electron chi connectivity index (χ1n) is 6.21. The lowest BCUT2D eigenvalue weighted by atomic mass is 10.0. The average Bonchev–Trinajstić information content (AvgIpc) is 2.42. The molecule has 0 amide bonds. The zero-order chi connectivity index (χ0) is 13.8. The zero-order valence-electron chi connectivity index (χ0n) is 10.9.